The summed E-state index contributed by atoms with van der Waals surface area (Å²) >= 11 is 0. The maximum Gasteiger partial charge on any atom is 0.412 e. The van der Waals surface area contributed by atoms with Crippen LogP contribution in [0.25, 0.3) is 23.1 Å². The normalized spacial score (nSPS) is 11.9. The highest BCUT2D eigenvalue weighted by Crippen LogP contribution is 2.27. The van der Waals surface area contributed by atoms with Crippen LogP contribution in [0.3, 0.4) is 0 Å². The number of rotatable bonds is 3. The number of fused-ring (bicyclic) bond motifs is 1. The fraction of sp³-hybridized carbons (Fsp3) is 0.238. The first kappa shape index (κ1) is 19.5. The van der Waals surface area contributed by atoms with Crippen LogP contribution in [-0.4, -0.2) is 21.5 Å². The first-order valence-corrected chi connectivity index (χ1v) is 8.72. The van der Waals surface area contributed by atoms with Gasteiger partial charge in [-0.25, -0.2) is 13.6 Å². The van der Waals surface area contributed by atoms with Crippen molar-refractivity contribution in [2.24, 2.45) is 7.05 Å². The van der Waals surface area contributed by atoms with Crippen LogP contribution in [0.1, 0.15) is 32.0 Å². The van der Waals surface area contributed by atoms with Crippen molar-refractivity contribution in [1.82, 2.24) is 9.78 Å². The molecule has 146 valence electrons. The molecule has 1 heterocycles. The van der Waals surface area contributed by atoms with Crippen molar-refractivity contribution in [3.8, 4) is 0 Å². The number of amides is 1. The monoisotopic (exact) mass is 385 g/mol. The van der Waals surface area contributed by atoms with Gasteiger partial charge in [-0.1, -0.05) is 18.2 Å². The molecule has 0 atom stereocenters. The van der Waals surface area contributed by atoms with Crippen LogP contribution in [0.5, 0.6) is 0 Å². The van der Waals surface area contributed by atoms with Crippen molar-refractivity contribution >= 4 is 34.8 Å². The minimum absolute atomic E-state index is 0.00449. The van der Waals surface area contributed by atoms with Crippen LogP contribution in [0.2, 0.25) is 0 Å². The van der Waals surface area contributed by atoms with Gasteiger partial charge in [-0.05, 0) is 50.6 Å². The highest BCUT2D eigenvalue weighted by Gasteiger charge is 2.19. The molecule has 0 aliphatic carbocycles. The number of aryl methyl sites for hydroxylation is 1. The fourth-order valence-electron chi connectivity index (χ4n) is 2.72. The van der Waals surface area contributed by atoms with E-state index < -0.39 is 17.5 Å². The molecule has 3 rings (SSSR count). The molecule has 0 bridgehead atoms. The smallest absolute Gasteiger partial charge is 0.412 e. The summed E-state index contributed by atoms with van der Waals surface area (Å²) in [6.45, 7) is 5.17. The van der Waals surface area contributed by atoms with Gasteiger partial charge in [0.15, 0.2) is 0 Å². The van der Waals surface area contributed by atoms with Gasteiger partial charge in [0.2, 0.25) is 0 Å². The van der Waals surface area contributed by atoms with Crippen LogP contribution in [0, 0.1) is 11.6 Å². The van der Waals surface area contributed by atoms with Gasteiger partial charge in [-0.2, -0.15) is 5.10 Å². The molecule has 1 aromatic heterocycles. The Bertz CT molecular complexity index is 1070. The molecule has 3 aromatic rings. The lowest BCUT2D eigenvalue weighted by atomic mass is 10.1. The van der Waals surface area contributed by atoms with Crippen molar-refractivity contribution in [1.29, 1.82) is 0 Å². The number of anilines is 1. The number of aromatic nitrogens is 2. The van der Waals surface area contributed by atoms with Gasteiger partial charge in [0.25, 0.3) is 0 Å². The summed E-state index contributed by atoms with van der Waals surface area (Å²) in [6, 6.07) is 8.95. The van der Waals surface area contributed by atoms with E-state index in [1.54, 1.807) is 56.8 Å². The minimum atomic E-state index is -0.744. The third-order valence-electron chi connectivity index (χ3n) is 3.89. The van der Waals surface area contributed by atoms with E-state index in [1.807, 2.05) is 0 Å². The van der Waals surface area contributed by atoms with Crippen LogP contribution in [0.15, 0.2) is 36.4 Å². The molecule has 0 aliphatic rings. The third-order valence-corrected chi connectivity index (χ3v) is 3.89. The van der Waals surface area contributed by atoms with Crippen molar-refractivity contribution in [2.45, 2.75) is 26.4 Å². The molecule has 0 aliphatic heterocycles. The average molecular weight is 385 g/mol. The zero-order valence-electron chi connectivity index (χ0n) is 16.1. The van der Waals surface area contributed by atoms with E-state index in [1.165, 1.54) is 24.3 Å². The Kier molecular flexibility index (Phi) is 5.18. The Hall–Kier alpha value is -3.22. The maximum atomic E-state index is 14.4. The molecule has 0 saturated carbocycles. The number of nitrogens with zero attached hydrogens (tertiary/aromatic N) is 2. The van der Waals surface area contributed by atoms with E-state index in [0.717, 1.165) is 0 Å². The molecule has 2 aromatic carbocycles. The summed E-state index contributed by atoms with van der Waals surface area (Å²) in [5.41, 5.74) is 1.10. The van der Waals surface area contributed by atoms with E-state index in [9.17, 15) is 13.6 Å². The van der Waals surface area contributed by atoms with Crippen LogP contribution < -0.4 is 5.32 Å². The molecule has 7 heteroatoms. The molecule has 1 N–H and O–H groups in total. The number of halogens is 2. The highest BCUT2D eigenvalue weighted by atomic mass is 19.1. The van der Waals surface area contributed by atoms with Crippen LogP contribution in [-0.2, 0) is 11.8 Å². The lowest BCUT2D eigenvalue weighted by Crippen LogP contribution is -2.27. The summed E-state index contributed by atoms with van der Waals surface area (Å²) in [6.07, 6.45) is 2.69. The Balaban J connectivity index is 1.95. The number of hydrogen-bond acceptors (Lipinski definition) is 3. The Labute approximate surface area is 161 Å². The number of carbonyl (C=O) groups is 1. The minimum Gasteiger partial charge on any atom is -0.444 e. The van der Waals surface area contributed by atoms with Gasteiger partial charge in [0, 0.05) is 18.5 Å². The molecular weight excluding hydrogens is 364 g/mol. The van der Waals surface area contributed by atoms with Gasteiger partial charge >= 0.3 is 6.09 Å². The number of ether oxygens (including phenoxy) is 1. The molecule has 28 heavy (non-hydrogen) atoms. The van der Waals surface area contributed by atoms with E-state index >= 15 is 0 Å². The number of hydrogen-bond donors (Lipinski definition) is 1. The summed E-state index contributed by atoms with van der Waals surface area (Å²) in [4.78, 5) is 12.0. The van der Waals surface area contributed by atoms with Gasteiger partial charge < -0.3 is 4.74 Å². The second kappa shape index (κ2) is 7.42. The first-order chi connectivity index (χ1) is 13.1. The highest BCUT2D eigenvalue weighted by molar-refractivity contribution is 5.95. The number of nitrogens with one attached hydrogen (secondary N) is 1. The lowest BCUT2D eigenvalue weighted by molar-refractivity contribution is 0.0635. The predicted molar refractivity (Wildman–Crippen MR) is 106 cm³/mol. The van der Waals surface area contributed by atoms with Crippen molar-refractivity contribution in [3.63, 3.8) is 0 Å². The summed E-state index contributed by atoms with van der Waals surface area (Å²) in [7, 11) is 1.70. The van der Waals surface area contributed by atoms with Crippen LogP contribution in [0.4, 0.5) is 19.3 Å². The van der Waals surface area contributed by atoms with E-state index in [0.29, 0.717) is 22.2 Å². The average Bonchev–Trinajstić information content (AvgIpc) is 2.87. The van der Waals surface area contributed by atoms with Crippen molar-refractivity contribution in [2.75, 3.05) is 5.32 Å². The van der Waals surface area contributed by atoms with Crippen molar-refractivity contribution in [3.05, 3.63) is 59.3 Å². The molecule has 0 spiro atoms. The Morgan fingerprint density at radius 3 is 2.61 bits per heavy atom. The standard InChI is InChI=1S/C21H21F2N3O2/c1-21(2,3)28-20(27)24-18-11-15-17(25-26(4)19(15)12-16(18)23)9-8-13-6-5-7-14(22)10-13/h5-12H,1-4H3,(H,24,27)/b9-8+. The number of carbonyl (C=O) groups excluding carboxylic acids is 1. The topological polar surface area (TPSA) is 56.2 Å². The SMILES string of the molecule is Cn1nc(/C=C/c2cccc(F)c2)c2cc(NC(=O)OC(C)(C)C)c(F)cc21. The molecule has 1 amide bonds. The van der Waals surface area contributed by atoms with E-state index in [2.05, 4.69) is 10.4 Å². The molecule has 0 fully saturated rings. The van der Waals surface area contributed by atoms with Gasteiger partial charge in [0.05, 0.1) is 16.9 Å². The Morgan fingerprint density at radius 2 is 1.93 bits per heavy atom. The molecule has 0 unspecified atom stereocenters. The summed E-state index contributed by atoms with van der Waals surface area (Å²) in [5, 5.41) is 7.44. The van der Waals surface area contributed by atoms with Gasteiger partial charge in [-0.15, -0.1) is 0 Å². The lowest BCUT2D eigenvalue weighted by Gasteiger charge is -2.19. The first-order valence-electron chi connectivity index (χ1n) is 8.72. The van der Waals surface area contributed by atoms with Crippen LogP contribution >= 0.6 is 0 Å². The third kappa shape index (κ3) is 4.54. The van der Waals surface area contributed by atoms with Gasteiger partial charge in [-0.3, -0.25) is 10.00 Å². The van der Waals surface area contributed by atoms with E-state index in [-0.39, 0.29) is 11.5 Å². The summed E-state index contributed by atoms with van der Waals surface area (Å²) in [5.74, 6) is -0.930. The Morgan fingerprint density at radius 1 is 1.18 bits per heavy atom. The maximum absolute atomic E-state index is 14.4. The zero-order chi connectivity index (χ0) is 20.5. The largest absolute Gasteiger partial charge is 0.444 e. The molecular formula is C21H21F2N3O2. The second-order valence-corrected chi connectivity index (χ2v) is 7.37. The number of benzene rings is 2. The second-order valence-electron chi connectivity index (χ2n) is 7.37. The van der Waals surface area contributed by atoms with E-state index in [4.69, 9.17) is 4.74 Å². The molecule has 0 saturated heterocycles. The quantitative estimate of drug-likeness (QED) is 0.659. The predicted octanol–water partition coefficient (Wildman–Crippen LogP) is 5.37. The summed E-state index contributed by atoms with van der Waals surface area (Å²) < 4.78 is 34.5. The van der Waals surface area contributed by atoms with Crippen molar-refractivity contribution < 1.29 is 18.3 Å². The van der Waals surface area contributed by atoms with Gasteiger partial charge in [0.1, 0.15) is 17.2 Å². The molecule has 5 nitrogen and oxygen atoms in total. The molecule has 0 radical (unpaired) electrons. The zero-order valence-corrected chi connectivity index (χ0v) is 16.1. The fourth-order valence-corrected chi connectivity index (χ4v) is 2.72.